The van der Waals surface area contributed by atoms with Crippen LogP contribution < -0.4 is 0 Å². The van der Waals surface area contributed by atoms with Crippen LogP contribution in [-0.2, 0) is 0 Å². The lowest BCUT2D eigenvalue weighted by Gasteiger charge is -2.36. The van der Waals surface area contributed by atoms with E-state index in [2.05, 4.69) is 41.5 Å². The highest BCUT2D eigenvalue weighted by Crippen LogP contribution is 2.33. The molecule has 80 valence electrons. The first-order valence-corrected chi connectivity index (χ1v) is 5.54. The van der Waals surface area contributed by atoms with Crippen molar-refractivity contribution in [2.45, 2.75) is 60.5 Å². The molecular formula is C12H26O. The van der Waals surface area contributed by atoms with Crippen LogP contribution in [0, 0.1) is 17.3 Å². The van der Waals surface area contributed by atoms with E-state index in [0.717, 1.165) is 12.8 Å². The van der Waals surface area contributed by atoms with Crippen molar-refractivity contribution in [3.63, 3.8) is 0 Å². The maximum Gasteiger partial charge on any atom is 0.0619 e. The van der Waals surface area contributed by atoms with Crippen molar-refractivity contribution in [3.05, 3.63) is 0 Å². The Morgan fingerprint density at radius 2 is 1.62 bits per heavy atom. The summed E-state index contributed by atoms with van der Waals surface area (Å²) in [5.41, 5.74) is 0.0584. The third-order valence-electron chi connectivity index (χ3n) is 3.75. The number of rotatable bonds is 5. The lowest BCUT2D eigenvalue weighted by Crippen LogP contribution is -2.37. The van der Waals surface area contributed by atoms with Crippen molar-refractivity contribution in [1.29, 1.82) is 0 Å². The Hall–Kier alpha value is -0.0400. The van der Waals surface area contributed by atoms with E-state index in [0.29, 0.717) is 11.8 Å². The molecule has 3 unspecified atom stereocenters. The topological polar surface area (TPSA) is 20.2 Å². The van der Waals surface area contributed by atoms with Crippen molar-refractivity contribution in [2.24, 2.45) is 17.3 Å². The van der Waals surface area contributed by atoms with Crippen LogP contribution in [0.4, 0.5) is 0 Å². The summed E-state index contributed by atoms with van der Waals surface area (Å²) in [6.45, 7) is 13.0. The minimum atomic E-state index is -0.174. The molecule has 13 heavy (non-hydrogen) atoms. The summed E-state index contributed by atoms with van der Waals surface area (Å²) < 4.78 is 0. The number of aliphatic hydroxyl groups is 1. The molecule has 1 nitrogen and oxygen atoms in total. The zero-order chi connectivity index (χ0) is 10.6. The van der Waals surface area contributed by atoms with Crippen LogP contribution in [0.15, 0.2) is 0 Å². The lowest BCUT2D eigenvalue weighted by molar-refractivity contribution is -0.0134. The molecule has 0 aromatic carbocycles. The van der Waals surface area contributed by atoms with Gasteiger partial charge in [-0.25, -0.2) is 0 Å². The fourth-order valence-corrected chi connectivity index (χ4v) is 1.60. The molecule has 0 saturated carbocycles. The summed E-state index contributed by atoms with van der Waals surface area (Å²) in [7, 11) is 0. The summed E-state index contributed by atoms with van der Waals surface area (Å²) in [6, 6.07) is 0. The van der Waals surface area contributed by atoms with Gasteiger partial charge in [0.05, 0.1) is 6.10 Å². The first-order valence-electron chi connectivity index (χ1n) is 5.54. The van der Waals surface area contributed by atoms with E-state index in [9.17, 15) is 5.11 Å². The van der Waals surface area contributed by atoms with Crippen molar-refractivity contribution in [2.75, 3.05) is 0 Å². The van der Waals surface area contributed by atoms with Gasteiger partial charge in [-0.1, -0.05) is 48.0 Å². The number of hydrogen-bond acceptors (Lipinski definition) is 1. The Balaban J connectivity index is 4.32. The van der Waals surface area contributed by atoms with E-state index < -0.39 is 0 Å². The van der Waals surface area contributed by atoms with Crippen LogP contribution in [0.3, 0.4) is 0 Å². The monoisotopic (exact) mass is 186 g/mol. The molecule has 0 amide bonds. The minimum Gasteiger partial charge on any atom is -0.392 e. The zero-order valence-electron chi connectivity index (χ0n) is 10.1. The van der Waals surface area contributed by atoms with Gasteiger partial charge < -0.3 is 5.11 Å². The molecular weight excluding hydrogens is 160 g/mol. The van der Waals surface area contributed by atoms with E-state index in [1.54, 1.807) is 0 Å². The second kappa shape index (κ2) is 4.99. The van der Waals surface area contributed by atoms with Gasteiger partial charge in [0.25, 0.3) is 0 Å². The largest absolute Gasteiger partial charge is 0.392 e. The first-order chi connectivity index (χ1) is 5.86. The molecule has 0 aromatic rings. The van der Waals surface area contributed by atoms with Gasteiger partial charge in [-0.2, -0.15) is 0 Å². The first kappa shape index (κ1) is 13.0. The number of aliphatic hydroxyl groups excluding tert-OH is 1. The van der Waals surface area contributed by atoms with E-state index >= 15 is 0 Å². The van der Waals surface area contributed by atoms with Crippen LogP contribution in [0.5, 0.6) is 0 Å². The maximum absolute atomic E-state index is 10.1. The molecule has 0 aromatic heterocycles. The fourth-order valence-electron chi connectivity index (χ4n) is 1.60. The van der Waals surface area contributed by atoms with Gasteiger partial charge in [0, 0.05) is 0 Å². The molecule has 0 aliphatic carbocycles. The third-order valence-corrected chi connectivity index (χ3v) is 3.75. The molecule has 1 N–H and O–H groups in total. The minimum absolute atomic E-state index is 0.0584. The molecule has 0 fully saturated rings. The maximum atomic E-state index is 10.1. The quantitative estimate of drug-likeness (QED) is 0.697. The standard InChI is InChI=1S/C12H26O/c1-7-9(3)10(4)11(13)12(5,6)8-2/h9-11,13H,7-8H2,1-6H3. The van der Waals surface area contributed by atoms with Crippen molar-refractivity contribution >= 4 is 0 Å². The Kier molecular flexibility index (Phi) is 4.98. The highest BCUT2D eigenvalue weighted by molar-refractivity contribution is 4.82. The van der Waals surface area contributed by atoms with Crippen LogP contribution in [0.1, 0.15) is 54.4 Å². The van der Waals surface area contributed by atoms with E-state index in [-0.39, 0.29) is 11.5 Å². The fraction of sp³-hybridized carbons (Fsp3) is 1.00. The van der Waals surface area contributed by atoms with E-state index in [1.807, 2.05) is 0 Å². The molecule has 0 heterocycles. The van der Waals surface area contributed by atoms with Crippen molar-refractivity contribution in [3.8, 4) is 0 Å². The van der Waals surface area contributed by atoms with Crippen LogP contribution in [0.2, 0.25) is 0 Å². The van der Waals surface area contributed by atoms with Gasteiger partial charge in [-0.3, -0.25) is 0 Å². The molecule has 0 aliphatic heterocycles. The van der Waals surface area contributed by atoms with Gasteiger partial charge in [0.1, 0.15) is 0 Å². The SMILES string of the molecule is CCC(C)C(C)C(O)C(C)(C)CC. The van der Waals surface area contributed by atoms with Crippen LogP contribution in [-0.4, -0.2) is 11.2 Å². The number of hydrogen-bond donors (Lipinski definition) is 1. The molecule has 0 saturated heterocycles. The van der Waals surface area contributed by atoms with Gasteiger partial charge in [-0.15, -0.1) is 0 Å². The van der Waals surface area contributed by atoms with Gasteiger partial charge in [-0.05, 0) is 23.7 Å². The lowest BCUT2D eigenvalue weighted by atomic mass is 9.74. The van der Waals surface area contributed by atoms with Gasteiger partial charge >= 0.3 is 0 Å². The van der Waals surface area contributed by atoms with Crippen LogP contribution >= 0.6 is 0 Å². The van der Waals surface area contributed by atoms with E-state index in [1.165, 1.54) is 0 Å². The molecule has 0 radical (unpaired) electrons. The molecule has 0 aliphatic rings. The highest BCUT2D eigenvalue weighted by atomic mass is 16.3. The van der Waals surface area contributed by atoms with Crippen molar-refractivity contribution in [1.82, 2.24) is 0 Å². The summed E-state index contributed by atoms with van der Waals surface area (Å²) in [4.78, 5) is 0. The Bertz CT molecular complexity index is 140. The predicted octanol–water partition coefficient (Wildman–Crippen LogP) is 3.47. The summed E-state index contributed by atoms with van der Waals surface area (Å²) in [5, 5.41) is 10.1. The average molecular weight is 186 g/mol. The van der Waals surface area contributed by atoms with Crippen LogP contribution in [0.25, 0.3) is 0 Å². The molecule has 0 spiro atoms. The average Bonchev–Trinajstić information content (AvgIpc) is 2.14. The molecule has 1 heteroatoms. The van der Waals surface area contributed by atoms with E-state index in [4.69, 9.17) is 0 Å². The molecule has 3 atom stereocenters. The zero-order valence-corrected chi connectivity index (χ0v) is 10.1. The smallest absolute Gasteiger partial charge is 0.0619 e. The summed E-state index contributed by atoms with van der Waals surface area (Å²) in [6.07, 6.45) is 2.01. The predicted molar refractivity (Wildman–Crippen MR) is 58.7 cm³/mol. The Morgan fingerprint density at radius 1 is 1.15 bits per heavy atom. The normalized spacial score (nSPS) is 19.6. The Morgan fingerprint density at radius 3 is 1.92 bits per heavy atom. The molecule has 0 bridgehead atoms. The third kappa shape index (κ3) is 3.30. The van der Waals surface area contributed by atoms with Gasteiger partial charge in [0.2, 0.25) is 0 Å². The highest BCUT2D eigenvalue weighted by Gasteiger charge is 2.32. The van der Waals surface area contributed by atoms with Gasteiger partial charge in [0.15, 0.2) is 0 Å². The molecule has 0 rings (SSSR count). The summed E-state index contributed by atoms with van der Waals surface area (Å²) >= 11 is 0. The Labute approximate surface area is 83.5 Å². The van der Waals surface area contributed by atoms with Crippen molar-refractivity contribution < 1.29 is 5.11 Å². The second-order valence-corrected chi connectivity index (χ2v) is 5.03. The second-order valence-electron chi connectivity index (χ2n) is 5.03. The summed E-state index contributed by atoms with van der Waals surface area (Å²) in [5.74, 6) is 1.01.